The summed E-state index contributed by atoms with van der Waals surface area (Å²) in [6, 6.07) is 35.4. The summed E-state index contributed by atoms with van der Waals surface area (Å²) in [6.45, 7) is 4.45. The minimum absolute atomic E-state index is 0.185. The fourth-order valence-corrected chi connectivity index (χ4v) is 4.18. The zero-order chi connectivity index (χ0) is 24.0. The van der Waals surface area contributed by atoms with E-state index in [4.69, 9.17) is 16.3 Å². The molecule has 0 aliphatic carbocycles. The smallest absolute Gasteiger partial charge is 0.119 e. The summed E-state index contributed by atoms with van der Waals surface area (Å²) in [6.07, 6.45) is 3.19. The van der Waals surface area contributed by atoms with Crippen LogP contribution in [0.4, 0.5) is 5.69 Å². The summed E-state index contributed by atoms with van der Waals surface area (Å²) in [5.41, 5.74) is 6.77. The van der Waals surface area contributed by atoms with Crippen molar-refractivity contribution in [3.05, 3.63) is 130 Å². The average Bonchev–Trinajstić information content (AvgIpc) is 2.89. The van der Waals surface area contributed by atoms with Crippen molar-refractivity contribution in [3.63, 3.8) is 0 Å². The van der Waals surface area contributed by atoms with Gasteiger partial charge in [-0.3, -0.25) is 0 Å². The Bertz CT molecular complexity index is 1230. The Morgan fingerprint density at radius 1 is 0.824 bits per heavy atom. The number of nitrogens with one attached hydrogen (secondary N) is 1. The SMILES string of the molecule is CCC(C)(Nc1ccc(OC)cc1)c1ccc(C=C(c2ccccc2)c2ccc(Cl)cc2)cc1. The molecule has 172 valence electrons. The molecule has 1 unspecified atom stereocenters. The summed E-state index contributed by atoms with van der Waals surface area (Å²) in [4.78, 5) is 0. The van der Waals surface area contributed by atoms with Crippen molar-refractivity contribution in [3.8, 4) is 5.75 Å². The van der Waals surface area contributed by atoms with E-state index in [-0.39, 0.29) is 5.54 Å². The molecule has 4 aromatic rings. The second kappa shape index (κ2) is 10.6. The fourth-order valence-electron chi connectivity index (χ4n) is 4.05. The van der Waals surface area contributed by atoms with Crippen molar-refractivity contribution in [1.29, 1.82) is 0 Å². The zero-order valence-electron chi connectivity index (χ0n) is 19.9. The second-order valence-corrected chi connectivity index (χ2v) is 9.03. The number of benzene rings is 4. The lowest BCUT2D eigenvalue weighted by Gasteiger charge is -2.32. The first-order chi connectivity index (χ1) is 16.5. The first-order valence-corrected chi connectivity index (χ1v) is 11.9. The Labute approximate surface area is 207 Å². The maximum atomic E-state index is 6.14. The molecule has 4 aromatic carbocycles. The van der Waals surface area contributed by atoms with Crippen LogP contribution in [0.1, 0.15) is 42.5 Å². The van der Waals surface area contributed by atoms with Crippen molar-refractivity contribution in [1.82, 2.24) is 0 Å². The van der Waals surface area contributed by atoms with Crippen LogP contribution < -0.4 is 10.1 Å². The number of hydrogen-bond donors (Lipinski definition) is 1. The van der Waals surface area contributed by atoms with Crippen LogP contribution >= 0.6 is 11.6 Å². The second-order valence-electron chi connectivity index (χ2n) is 8.59. The summed E-state index contributed by atoms with van der Waals surface area (Å²) < 4.78 is 5.28. The number of halogens is 1. The number of methoxy groups -OCH3 is 1. The van der Waals surface area contributed by atoms with Crippen molar-refractivity contribution in [2.75, 3.05) is 12.4 Å². The highest BCUT2D eigenvalue weighted by Gasteiger charge is 2.24. The van der Waals surface area contributed by atoms with E-state index in [1.54, 1.807) is 7.11 Å². The lowest BCUT2D eigenvalue weighted by molar-refractivity contribution is 0.415. The van der Waals surface area contributed by atoms with Crippen molar-refractivity contribution in [2.45, 2.75) is 25.8 Å². The fraction of sp³-hybridized carbons (Fsp3) is 0.161. The standard InChI is InChI=1S/C31H30ClNO/c1-4-31(2,33-28-18-20-29(34-3)21-19-28)26-14-10-23(11-15-26)22-30(24-8-6-5-7-9-24)25-12-16-27(32)17-13-25/h5-22,33H,4H2,1-3H3. The average molecular weight is 468 g/mol. The van der Waals surface area contributed by atoms with Crippen molar-refractivity contribution in [2.24, 2.45) is 0 Å². The minimum atomic E-state index is -0.185. The van der Waals surface area contributed by atoms with Gasteiger partial charge in [0.25, 0.3) is 0 Å². The van der Waals surface area contributed by atoms with Gasteiger partial charge in [0, 0.05) is 10.7 Å². The van der Waals surface area contributed by atoms with E-state index >= 15 is 0 Å². The highest BCUT2D eigenvalue weighted by Crippen LogP contribution is 2.32. The van der Waals surface area contributed by atoms with Crippen molar-refractivity contribution >= 4 is 28.9 Å². The van der Waals surface area contributed by atoms with E-state index in [1.807, 2.05) is 30.3 Å². The van der Waals surface area contributed by atoms with E-state index in [2.05, 4.69) is 98.0 Å². The molecule has 0 heterocycles. The van der Waals surface area contributed by atoms with Crippen LogP contribution in [0.15, 0.2) is 103 Å². The van der Waals surface area contributed by atoms with Crippen LogP contribution in [0, 0.1) is 0 Å². The molecule has 0 saturated heterocycles. The Kier molecular flexibility index (Phi) is 7.40. The molecule has 4 rings (SSSR count). The summed E-state index contributed by atoms with van der Waals surface area (Å²) in [5, 5.41) is 4.45. The molecule has 0 aromatic heterocycles. The highest BCUT2D eigenvalue weighted by atomic mass is 35.5. The van der Waals surface area contributed by atoms with E-state index in [0.29, 0.717) is 0 Å². The molecule has 0 saturated carbocycles. The molecule has 0 amide bonds. The molecule has 0 radical (unpaired) electrons. The molecule has 3 heteroatoms. The third-order valence-electron chi connectivity index (χ3n) is 6.32. The highest BCUT2D eigenvalue weighted by molar-refractivity contribution is 6.30. The Balaban J connectivity index is 1.64. The van der Waals surface area contributed by atoms with Gasteiger partial charge in [-0.25, -0.2) is 0 Å². The van der Waals surface area contributed by atoms with Gasteiger partial charge in [-0.05, 0) is 83.6 Å². The lowest BCUT2D eigenvalue weighted by Crippen LogP contribution is -2.31. The number of rotatable bonds is 8. The van der Waals surface area contributed by atoms with Gasteiger partial charge in [-0.15, -0.1) is 0 Å². The van der Waals surface area contributed by atoms with Gasteiger partial charge in [-0.1, -0.05) is 85.3 Å². The largest absolute Gasteiger partial charge is 0.497 e. The third-order valence-corrected chi connectivity index (χ3v) is 6.57. The first kappa shape index (κ1) is 23.7. The molecular weight excluding hydrogens is 438 g/mol. The van der Waals surface area contributed by atoms with E-state index < -0.39 is 0 Å². The molecular formula is C31H30ClNO. The normalized spacial score (nSPS) is 13.2. The van der Waals surface area contributed by atoms with Crippen LogP contribution in [-0.2, 0) is 5.54 Å². The number of ether oxygens (including phenoxy) is 1. The molecule has 34 heavy (non-hydrogen) atoms. The molecule has 0 fully saturated rings. The van der Waals surface area contributed by atoms with Gasteiger partial charge >= 0.3 is 0 Å². The molecule has 1 atom stereocenters. The van der Waals surface area contributed by atoms with E-state index in [1.165, 1.54) is 16.7 Å². The Hall–Kier alpha value is -3.49. The molecule has 0 aliphatic rings. The summed E-state index contributed by atoms with van der Waals surface area (Å²) in [5.74, 6) is 0.856. The predicted molar refractivity (Wildman–Crippen MR) is 146 cm³/mol. The van der Waals surface area contributed by atoms with Gasteiger partial charge in [0.15, 0.2) is 0 Å². The maximum Gasteiger partial charge on any atom is 0.119 e. The van der Waals surface area contributed by atoms with Crippen molar-refractivity contribution < 1.29 is 4.74 Å². The van der Waals surface area contributed by atoms with Gasteiger partial charge in [0.1, 0.15) is 5.75 Å². The van der Waals surface area contributed by atoms with Gasteiger partial charge in [0.2, 0.25) is 0 Å². The van der Waals surface area contributed by atoms with Crippen LogP contribution in [-0.4, -0.2) is 7.11 Å². The maximum absolute atomic E-state index is 6.14. The first-order valence-electron chi connectivity index (χ1n) is 11.6. The zero-order valence-corrected chi connectivity index (χ0v) is 20.6. The topological polar surface area (TPSA) is 21.3 Å². The van der Waals surface area contributed by atoms with E-state index in [9.17, 15) is 0 Å². The molecule has 0 spiro atoms. The van der Waals surface area contributed by atoms with Gasteiger partial charge in [0.05, 0.1) is 12.6 Å². The van der Waals surface area contributed by atoms with Crippen LogP contribution in [0.3, 0.4) is 0 Å². The van der Waals surface area contributed by atoms with Crippen LogP contribution in [0.25, 0.3) is 11.6 Å². The van der Waals surface area contributed by atoms with Crippen LogP contribution in [0.5, 0.6) is 5.75 Å². The Morgan fingerprint density at radius 2 is 1.44 bits per heavy atom. The molecule has 1 N–H and O–H groups in total. The lowest BCUT2D eigenvalue weighted by atomic mass is 9.88. The Morgan fingerprint density at radius 3 is 2.03 bits per heavy atom. The molecule has 2 nitrogen and oxygen atoms in total. The van der Waals surface area contributed by atoms with Crippen LogP contribution in [0.2, 0.25) is 5.02 Å². The minimum Gasteiger partial charge on any atom is -0.497 e. The molecule has 0 bridgehead atoms. The van der Waals surface area contributed by atoms with Gasteiger partial charge < -0.3 is 10.1 Å². The third kappa shape index (κ3) is 5.52. The molecule has 0 aliphatic heterocycles. The number of hydrogen-bond acceptors (Lipinski definition) is 2. The number of anilines is 1. The van der Waals surface area contributed by atoms with Gasteiger partial charge in [-0.2, -0.15) is 0 Å². The predicted octanol–water partition coefficient (Wildman–Crippen LogP) is 8.67. The van der Waals surface area contributed by atoms with E-state index in [0.717, 1.165) is 34.0 Å². The summed E-state index contributed by atoms with van der Waals surface area (Å²) >= 11 is 6.14. The quantitative estimate of drug-likeness (QED) is 0.262. The summed E-state index contributed by atoms with van der Waals surface area (Å²) in [7, 11) is 1.69. The monoisotopic (exact) mass is 467 g/mol.